The Hall–Kier alpha value is -2.84. The Morgan fingerprint density at radius 1 is 1.16 bits per heavy atom. The minimum absolute atomic E-state index is 0.0515. The van der Waals surface area contributed by atoms with Crippen molar-refractivity contribution in [2.45, 2.75) is 51.2 Å². The van der Waals surface area contributed by atoms with Crippen molar-refractivity contribution in [3.8, 4) is 0 Å². The molecule has 1 fully saturated rings. The van der Waals surface area contributed by atoms with Gasteiger partial charge < -0.3 is 9.88 Å². The molecule has 2 aliphatic rings. The van der Waals surface area contributed by atoms with Crippen LogP contribution in [0.4, 0.5) is 0 Å². The summed E-state index contributed by atoms with van der Waals surface area (Å²) < 4.78 is 0. The number of carbonyl (C=O) groups is 1. The number of carbonyl (C=O) groups excluding carboxylic acids is 1. The molecule has 0 radical (unpaired) electrons. The van der Waals surface area contributed by atoms with Crippen LogP contribution in [0.15, 0.2) is 46.1 Å². The normalized spacial score (nSPS) is 19.0. The number of hydrogen-bond acceptors (Lipinski definition) is 6. The fraction of sp³-hybridized carbons (Fsp3) is 0.417. The van der Waals surface area contributed by atoms with Crippen molar-refractivity contribution in [2.75, 3.05) is 13.1 Å². The number of H-pyrrole nitrogens is 1. The number of rotatable bonds is 5. The van der Waals surface area contributed by atoms with Crippen LogP contribution in [0.5, 0.6) is 0 Å². The number of piperidine rings is 1. The summed E-state index contributed by atoms with van der Waals surface area (Å²) in [7, 11) is 0. The van der Waals surface area contributed by atoms with Gasteiger partial charge in [0.1, 0.15) is 5.82 Å². The van der Waals surface area contributed by atoms with Crippen molar-refractivity contribution in [1.29, 1.82) is 0 Å². The maximum absolute atomic E-state index is 13.1. The second-order valence-electron chi connectivity index (χ2n) is 8.60. The minimum atomic E-state index is -0.163. The van der Waals surface area contributed by atoms with E-state index in [1.165, 1.54) is 5.56 Å². The number of pyridine rings is 1. The number of aromatic nitrogens is 3. The molecule has 0 aliphatic carbocycles. The van der Waals surface area contributed by atoms with Gasteiger partial charge >= 0.3 is 0 Å². The quantitative estimate of drug-likeness (QED) is 0.647. The SMILES string of the molecule is O=C(Cc1ccsc1)N1CCCCC1c1nc2c(c(=O)[nH]1)CCN(Cc1ccncc1)C2. The third-order valence-electron chi connectivity index (χ3n) is 6.40. The van der Waals surface area contributed by atoms with Gasteiger partial charge in [0.2, 0.25) is 5.91 Å². The van der Waals surface area contributed by atoms with Crippen molar-refractivity contribution in [3.05, 3.63) is 79.9 Å². The second kappa shape index (κ2) is 9.34. The van der Waals surface area contributed by atoms with Gasteiger partial charge in [-0.2, -0.15) is 11.3 Å². The highest BCUT2D eigenvalue weighted by molar-refractivity contribution is 7.08. The molecule has 0 bridgehead atoms. The lowest BCUT2D eigenvalue weighted by Crippen LogP contribution is -2.42. The highest BCUT2D eigenvalue weighted by Gasteiger charge is 2.31. The smallest absolute Gasteiger partial charge is 0.254 e. The van der Waals surface area contributed by atoms with E-state index in [1.54, 1.807) is 23.7 Å². The summed E-state index contributed by atoms with van der Waals surface area (Å²) in [4.78, 5) is 42.2. The molecule has 2 aliphatic heterocycles. The van der Waals surface area contributed by atoms with Crippen molar-refractivity contribution < 1.29 is 4.79 Å². The molecule has 8 heteroatoms. The summed E-state index contributed by atoms with van der Waals surface area (Å²) in [5, 5.41) is 4.02. The zero-order valence-corrected chi connectivity index (χ0v) is 18.8. The first-order chi connectivity index (χ1) is 15.7. The van der Waals surface area contributed by atoms with E-state index in [9.17, 15) is 9.59 Å². The molecular formula is C24H27N5O2S. The van der Waals surface area contributed by atoms with Crippen LogP contribution in [0, 0.1) is 0 Å². The van der Waals surface area contributed by atoms with E-state index < -0.39 is 0 Å². The molecule has 32 heavy (non-hydrogen) atoms. The first-order valence-electron chi connectivity index (χ1n) is 11.2. The van der Waals surface area contributed by atoms with Gasteiger partial charge in [0.05, 0.1) is 18.2 Å². The molecular weight excluding hydrogens is 422 g/mol. The maximum atomic E-state index is 13.1. The predicted molar refractivity (Wildman–Crippen MR) is 123 cm³/mol. The number of amides is 1. The van der Waals surface area contributed by atoms with Crippen LogP contribution < -0.4 is 5.56 Å². The number of nitrogens with one attached hydrogen (secondary N) is 1. The molecule has 3 aromatic rings. The molecule has 1 saturated heterocycles. The molecule has 0 aromatic carbocycles. The summed E-state index contributed by atoms with van der Waals surface area (Å²) in [6.45, 7) is 2.99. The van der Waals surface area contributed by atoms with Gasteiger partial charge in [-0.05, 0) is 65.8 Å². The van der Waals surface area contributed by atoms with Crippen LogP contribution in [-0.2, 0) is 30.7 Å². The third kappa shape index (κ3) is 4.52. The Bertz CT molecular complexity index is 1130. The van der Waals surface area contributed by atoms with Gasteiger partial charge in [0, 0.05) is 44.1 Å². The lowest BCUT2D eigenvalue weighted by Gasteiger charge is -2.36. The molecule has 3 aromatic heterocycles. The van der Waals surface area contributed by atoms with Crippen LogP contribution in [0.25, 0.3) is 0 Å². The number of likely N-dealkylation sites (tertiary alicyclic amines) is 1. The molecule has 166 valence electrons. The molecule has 5 heterocycles. The van der Waals surface area contributed by atoms with E-state index in [4.69, 9.17) is 4.98 Å². The predicted octanol–water partition coefficient (Wildman–Crippen LogP) is 3.08. The summed E-state index contributed by atoms with van der Waals surface area (Å²) in [6.07, 6.45) is 7.54. The van der Waals surface area contributed by atoms with Gasteiger partial charge in [-0.25, -0.2) is 4.98 Å². The summed E-state index contributed by atoms with van der Waals surface area (Å²) in [5.41, 5.74) is 3.82. The Morgan fingerprint density at radius 2 is 2.03 bits per heavy atom. The van der Waals surface area contributed by atoms with Gasteiger partial charge in [-0.3, -0.25) is 19.5 Å². The lowest BCUT2D eigenvalue weighted by atomic mass is 9.99. The number of fused-ring (bicyclic) bond motifs is 1. The van der Waals surface area contributed by atoms with Crippen molar-refractivity contribution in [3.63, 3.8) is 0 Å². The highest BCUT2D eigenvalue weighted by Crippen LogP contribution is 2.30. The highest BCUT2D eigenvalue weighted by atomic mass is 32.1. The largest absolute Gasteiger partial charge is 0.332 e. The molecule has 0 saturated carbocycles. The van der Waals surface area contributed by atoms with E-state index in [1.807, 2.05) is 33.9 Å². The van der Waals surface area contributed by atoms with Crippen LogP contribution in [0.1, 0.15) is 53.5 Å². The number of nitrogens with zero attached hydrogens (tertiary/aromatic N) is 4. The topological polar surface area (TPSA) is 82.2 Å². The van der Waals surface area contributed by atoms with Crippen LogP contribution in [-0.4, -0.2) is 43.7 Å². The molecule has 1 unspecified atom stereocenters. The first kappa shape index (κ1) is 21.0. The van der Waals surface area contributed by atoms with E-state index in [-0.39, 0.29) is 17.5 Å². The summed E-state index contributed by atoms with van der Waals surface area (Å²) >= 11 is 1.60. The van der Waals surface area contributed by atoms with Gasteiger partial charge in [0.15, 0.2) is 0 Å². The van der Waals surface area contributed by atoms with E-state index >= 15 is 0 Å². The zero-order chi connectivity index (χ0) is 21.9. The third-order valence-corrected chi connectivity index (χ3v) is 7.13. The average molecular weight is 450 g/mol. The van der Waals surface area contributed by atoms with Crippen LogP contribution >= 0.6 is 11.3 Å². The molecule has 5 rings (SSSR count). The Balaban J connectivity index is 1.37. The van der Waals surface area contributed by atoms with Crippen molar-refractivity contribution in [2.24, 2.45) is 0 Å². The average Bonchev–Trinajstić information content (AvgIpc) is 3.32. The van der Waals surface area contributed by atoms with E-state index in [0.717, 1.165) is 49.2 Å². The standard InChI is InChI=1S/C24H27N5O2S/c30-22(13-18-7-12-32-16-18)29-10-2-1-3-21(29)23-26-20-15-28(11-6-19(20)24(31)27-23)14-17-4-8-25-9-5-17/h4-5,7-9,12,16,21H,1-3,6,10-11,13-15H2,(H,26,27,31). The monoisotopic (exact) mass is 449 g/mol. The Labute approximate surface area is 191 Å². The summed E-state index contributed by atoms with van der Waals surface area (Å²) in [5.74, 6) is 0.741. The van der Waals surface area contributed by atoms with Crippen molar-refractivity contribution >= 4 is 17.2 Å². The van der Waals surface area contributed by atoms with Gasteiger partial charge in [-0.15, -0.1) is 0 Å². The van der Waals surface area contributed by atoms with Gasteiger partial charge in [-0.1, -0.05) is 0 Å². The number of hydrogen-bond donors (Lipinski definition) is 1. The summed E-state index contributed by atoms with van der Waals surface area (Å²) in [6, 6.07) is 5.87. The lowest BCUT2D eigenvalue weighted by molar-refractivity contribution is -0.134. The van der Waals surface area contributed by atoms with E-state index in [0.29, 0.717) is 31.8 Å². The van der Waals surface area contributed by atoms with Gasteiger partial charge in [0.25, 0.3) is 5.56 Å². The fourth-order valence-electron chi connectivity index (χ4n) is 4.74. The van der Waals surface area contributed by atoms with Crippen molar-refractivity contribution in [1.82, 2.24) is 24.8 Å². The molecule has 7 nitrogen and oxygen atoms in total. The zero-order valence-electron chi connectivity index (χ0n) is 18.0. The van der Waals surface area contributed by atoms with Crippen LogP contribution in [0.2, 0.25) is 0 Å². The molecule has 1 N–H and O–H groups in total. The minimum Gasteiger partial charge on any atom is -0.332 e. The Morgan fingerprint density at radius 3 is 2.84 bits per heavy atom. The van der Waals surface area contributed by atoms with Crippen LogP contribution in [0.3, 0.4) is 0 Å². The molecule has 0 spiro atoms. The number of thiophene rings is 1. The molecule has 1 atom stereocenters. The Kier molecular flexibility index (Phi) is 6.14. The fourth-order valence-corrected chi connectivity index (χ4v) is 5.40. The first-order valence-corrected chi connectivity index (χ1v) is 12.2. The molecule has 1 amide bonds. The maximum Gasteiger partial charge on any atom is 0.254 e. The number of aromatic amines is 1. The van der Waals surface area contributed by atoms with E-state index in [2.05, 4.69) is 14.9 Å². The second-order valence-corrected chi connectivity index (χ2v) is 9.38.